The normalized spacial score (nSPS) is 29.4. The number of esters is 4. The molecule has 6 aliphatic heterocycles. The van der Waals surface area contributed by atoms with Crippen LogP contribution in [0.1, 0.15) is 210 Å². The van der Waals surface area contributed by atoms with Crippen LogP contribution in [-0.4, -0.2) is 150 Å². The monoisotopic (exact) mass is 1220 g/mol. The zero-order valence-corrected chi connectivity index (χ0v) is 55.3. The average Bonchev–Trinajstić information content (AvgIpc) is 1.99. The molecule has 0 amide bonds. The highest BCUT2D eigenvalue weighted by atomic mass is 28.4. The SMILES string of the molecule is C=CCOC(=O)CCCCCCCCOC(=O)/C=C(\C)CC1OCC(CC2OC2CCC(C)OC(=O)CCCCCCCCOC(=O)/C=C(\C)CC2OCC(CC3OC3CCC(C)O[Si](C)(C)CC(C)C)C3OC(C)(C)OC23)C2OC(C)(C)OC12. The molecule has 6 aliphatic rings. The van der Waals surface area contributed by atoms with Crippen molar-refractivity contribution in [2.24, 2.45) is 17.8 Å². The summed E-state index contributed by atoms with van der Waals surface area (Å²) in [7, 11) is -1.67. The second kappa shape index (κ2) is 34.8. The van der Waals surface area contributed by atoms with Crippen LogP contribution >= 0.6 is 0 Å². The van der Waals surface area contributed by atoms with Crippen molar-refractivity contribution >= 4 is 32.2 Å². The molecule has 18 heteroatoms. The van der Waals surface area contributed by atoms with Crippen molar-refractivity contribution in [2.75, 3.05) is 33.0 Å². The molecule has 0 aromatic heterocycles. The first-order valence-corrected chi connectivity index (χ1v) is 36.1. The van der Waals surface area contributed by atoms with E-state index < -0.39 is 19.9 Å². The Balaban J connectivity index is 0.756. The highest BCUT2D eigenvalue weighted by Gasteiger charge is 2.55. The second-order valence-corrected chi connectivity index (χ2v) is 31.6. The van der Waals surface area contributed by atoms with Gasteiger partial charge in [0.05, 0.1) is 81.4 Å². The maximum absolute atomic E-state index is 12.8. The highest BCUT2D eigenvalue weighted by molar-refractivity contribution is 6.71. The van der Waals surface area contributed by atoms with Gasteiger partial charge in [0, 0.05) is 42.9 Å². The van der Waals surface area contributed by atoms with E-state index in [4.69, 9.17) is 61.3 Å². The molecular formula is C67H112O17Si. The molecule has 85 heavy (non-hydrogen) atoms. The molecule has 6 rings (SSSR count). The Hall–Kier alpha value is -3.04. The summed E-state index contributed by atoms with van der Waals surface area (Å²) in [6, 6.07) is 1.17. The Bertz CT molecular complexity index is 2140. The van der Waals surface area contributed by atoms with Gasteiger partial charge in [-0.15, -0.1) is 0 Å². The third-order valence-corrected chi connectivity index (χ3v) is 20.0. The molecule has 6 saturated heterocycles. The number of rotatable bonds is 41. The summed E-state index contributed by atoms with van der Waals surface area (Å²) in [6.07, 6.45) is 22.4. The summed E-state index contributed by atoms with van der Waals surface area (Å²) >= 11 is 0. The summed E-state index contributed by atoms with van der Waals surface area (Å²) in [5, 5.41) is 0. The standard InChI is InChI=1S/C67H112O17Si/c1-14-33-72-58(68)27-23-19-15-17-21-25-34-73-60(70)38-46(4)36-56-64-62(80-66(8,9)82-64)50(42-75-56)40-54-52(78-54)31-29-48(6)77-59(69)28-24-20-16-18-22-26-35-74-61(71)39-47(5)37-57-65-63(81-67(10,11)83-65)51(43-76-57)41-55-53(79-55)32-30-49(7)84-85(12,13)44-45(2)3/h14,38-39,45,48-57,62-65H,1,15-37,40-44H2,2-13H3/b46-38+,47-39+. The number of ether oxygens (including phenoxy) is 12. The largest absolute Gasteiger partial charge is 0.463 e. The molecule has 0 saturated carbocycles. The smallest absolute Gasteiger partial charge is 0.330 e. The molecule has 0 spiro atoms. The van der Waals surface area contributed by atoms with E-state index in [2.05, 4.69) is 40.4 Å². The van der Waals surface area contributed by atoms with Crippen LogP contribution in [-0.2, 0) is 80.4 Å². The van der Waals surface area contributed by atoms with E-state index in [0.29, 0.717) is 58.0 Å². The van der Waals surface area contributed by atoms with Gasteiger partial charge in [0.15, 0.2) is 19.9 Å². The van der Waals surface area contributed by atoms with Crippen molar-refractivity contribution in [1.29, 1.82) is 0 Å². The van der Waals surface area contributed by atoms with Crippen LogP contribution in [0, 0.1) is 17.8 Å². The maximum Gasteiger partial charge on any atom is 0.330 e. The Labute approximate surface area is 511 Å². The van der Waals surface area contributed by atoms with Gasteiger partial charge in [-0.3, -0.25) is 9.59 Å². The fraction of sp³-hybridized carbons (Fsp3) is 0.851. The van der Waals surface area contributed by atoms with E-state index in [9.17, 15) is 19.2 Å². The second-order valence-electron chi connectivity index (χ2n) is 27.5. The minimum absolute atomic E-state index is 0.0893. The van der Waals surface area contributed by atoms with E-state index >= 15 is 0 Å². The Morgan fingerprint density at radius 3 is 1.44 bits per heavy atom. The van der Waals surface area contributed by atoms with Gasteiger partial charge in [-0.25, -0.2) is 9.59 Å². The zero-order valence-electron chi connectivity index (χ0n) is 54.3. The van der Waals surface area contributed by atoms with Crippen molar-refractivity contribution in [3.8, 4) is 0 Å². The molecule has 14 unspecified atom stereocenters. The average molecular weight is 1220 g/mol. The predicted octanol–water partition coefficient (Wildman–Crippen LogP) is 13.1. The van der Waals surface area contributed by atoms with E-state index in [0.717, 1.165) is 127 Å². The molecule has 0 radical (unpaired) electrons. The quantitative estimate of drug-likeness (QED) is 0.0107. The van der Waals surface area contributed by atoms with Gasteiger partial charge in [-0.1, -0.05) is 89.0 Å². The van der Waals surface area contributed by atoms with Crippen LogP contribution in [0.3, 0.4) is 0 Å². The van der Waals surface area contributed by atoms with E-state index in [1.54, 1.807) is 18.2 Å². The third kappa shape index (κ3) is 26.1. The van der Waals surface area contributed by atoms with Gasteiger partial charge in [0.2, 0.25) is 0 Å². The topological polar surface area (TPSA) is 195 Å². The fourth-order valence-electron chi connectivity index (χ4n) is 13.2. The van der Waals surface area contributed by atoms with E-state index in [1.165, 1.54) is 6.04 Å². The lowest BCUT2D eigenvalue weighted by Gasteiger charge is -2.37. The van der Waals surface area contributed by atoms with Gasteiger partial charge < -0.3 is 61.3 Å². The van der Waals surface area contributed by atoms with Crippen molar-refractivity contribution in [3.63, 3.8) is 0 Å². The van der Waals surface area contributed by atoms with Gasteiger partial charge in [-0.05, 0) is 157 Å². The van der Waals surface area contributed by atoms with Crippen molar-refractivity contribution < 1.29 is 80.4 Å². The Kier molecular flexibility index (Phi) is 29.1. The van der Waals surface area contributed by atoms with Gasteiger partial charge in [-0.2, -0.15) is 0 Å². The van der Waals surface area contributed by atoms with Crippen LogP contribution in [0.15, 0.2) is 36.0 Å². The molecule has 486 valence electrons. The molecule has 6 heterocycles. The lowest BCUT2D eigenvalue weighted by molar-refractivity contribution is -0.154. The molecular weight excluding hydrogens is 1100 g/mol. The number of carbonyl (C=O) groups is 4. The van der Waals surface area contributed by atoms with Crippen molar-refractivity contribution in [1.82, 2.24) is 0 Å². The lowest BCUT2D eigenvalue weighted by atomic mass is 9.86. The van der Waals surface area contributed by atoms with Crippen LogP contribution in [0.5, 0.6) is 0 Å². The van der Waals surface area contributed by atoms with Gasteiger partial charge >= 0.3 is 23.9 Å². The molecule has 14 atom stereocenters. The van der Waals surface area contributed by atoms with Crippen LogP contribution in [0.4, 0.5) is 0 Å². The molecule has 6 fully saturated rings. The number of fused-ring (bicyclic) bond motifs is 2. The zero-order chi connectivity index (χ0) is 61.7. The summed E-state index contributed by atoms with van der Waals surface area (Å²) in [6.45, 7) is 30.6. The van der Waals surface area contributed by atoms with Crippen LogP contribution < -0.4 is 0 Å². The number of carbonyl (C=O) groups excluding carboxylic acids is 4. The molecule has 0 N–H and O–H groups in total. The highest BCUT2D eigenvalue weighted by Crippen LogP contribution is 2.46. The van der Waals surface area contributed by atoms with Gasteiger partial charge in [0.1, 0.15) is 18.8 Å². The summed E-state index contributed by atoms with van der Waals surface area (Å²) in [5.74, 6) is -1.58. The summed E-state index contributed by atoms with van der Waals surface area (Å²) in [5.41, 5.74) is 1.75. The number of hydrogen-bond acceptors (Lipinski definition) is 17. The lowest BCUT2D eigenvalue weighted by Crippen LogP contribution is -2.48. The number of unbranched alkanes of at least 4 members (excludes halogenated alkanes) is 10. The molecule has 0 bridgehead atoms. The van der Waals surface area contributed by atoms with Crippen molar-refractivity contribution in [2.45, 2.75) is 314 Å². The molecule has 0 aromatic carbocycles. The van der Waals surface area contributed by atoms with E-state index in [1.807, 2.05) is 48.5 Å². The number of epoxide rings is 2. The summed E-state index contributed by atoms with van der Waals surface area (Å²) < 4.78 is 79.3. The van der Waals surface area contributed by atoms with Crippen molar-refractivity contribution in [3.05, 3.63) is 36.0 Å². The fourth-order valence-corrected chi connectivity index (χ4v) is 16.5. The maximum atomic E-state index is 12.8. The summed E-state index contributed by atoms with van der Waals surface area (Å²) in [4.78, 5) is 49.7. The molecule has 0 aliphatic carbocycles. The number of hydrogen-bond donors (Lipinski definition) is 0. The first kappa shape index (κ1) is 71.0. The Morgan fingerprint density at radius 1 is 0.553 bits per heavy atom. The molecule has 17 nitrogen and oxygen atoms in total. The van der Waals surface area contributed by atoms with Crippen LogP contribution in [0.2, 0.25) is 19.1 Å². The third-order valence-electron chi connectivity index (χ3n) is 17.1. The Morgan fingerprint density at radius 2 is 0.976 bits per heavy atom. The predicted molar refractivity (Wildman–Crippen MR) is 327 cm³/mol. The van der Waals surface area contributed by atoms with Gasteiger partial charge in [0.25, 0.3) is 0 Å². The molecule has 0 aromatic rings. The minimum atomic E-state index is -1.67. The minimum Gasteiger partial charge on any atom is -0.463 e. The van der Waals surface area contributed by atoms with E-state index in [-0.39, 0.29) is 116 Å². The first-order valence-electron chi connectivity index (χ1n) is 32.9. The first-order chi connectivity index (χ1) is 40.4. The van der Waals surface area contributed by atoms with Crippen LogP contribution in [0.25, 0.3) is 0 Å².